The molecule has 4 N–H and O–H groups in total. The SMILES string of the molecule is CCc1nc2c(cnn2CC)c(NC2CCOCC2)c1CNC(=O)NCc1ccc(F)c(-c2cccc(CN3CCN[C@@H](C)C3)c2)c1. The Balaban J connectivity index is 1.13. The molecule has 6 rings (SSSR count). The van der Waals surface area contributed by atoms with Crippen LogP contribution in [0, 0.1) is 5.82 Å². The number of pyridine rings is 1. The summed E-state index contributed by atoms with van der Waals surface area (Å²) >= 11 is 0. The minimum Gasteiger partial charge on any atom is -0.381 e. The number of piperazine rings is 1. The number of hydrogen-bond acceptors (Lipinski definition) is 7. The van der Waals surface area contributed by atoms with Crippen LogP contribution in [0.2, 0.25) is 0 Å². The number of aryl methyl sites for hydroxylation is 2. The Bertz CT molecular complexity index is 1690. The minimum atomic E-state index is -0.299. The zero-order valence-corrected chi connectivity index (χ0v) is 27.7. The summed E-state index contributed by atoms with van der Waals surface area (Å²) in [6.45, 7) is 12.9. The van der Waals surface area contributed by atoms with Gasteiger partial charge >= 0.3 is 6.03 Å². The molecule has 0 aliphatic carbocycles. The average molecular weight is 643 g/mol. The van der Waals surface area contributed by atoms with Crippen molar-refractivity contribution < 1.29 is 13.9 Å². The summed E-state index contributed by atoms with van der Waals surface area (Å²) in [5.41, 5.74) is 7.08. The first-order valence-corrected chi connectivity index (χ1v) is 17.0. The summed E-state index contributed by atoms with van der Waals surface area (Å²) in [4.78, 5) is 20.5. The molecule has 0 spiro atoms. The Kier molecular flexibility index (Phi) is 10.6. The number of hydrogen-bond donors (Lipinski definition) is 4. The fourth-order valence-electron chi connectivity index (χ4n) is 6.67. The molecule has 0 unspecified atom stereocenters. The number of urea groups is 1. The van der Waals surface area contributed by atoms with Gasteiger partial charge < -0.3 is 26.0 Å². The van der Waals surface area contributed by atoms with Gasteiger partial charge in [-0.15, -0.1) is 0 Å². The maximum absolute atomic E-state index is 15.1. The molecule has 47 heavy (non-hydrogen) atoms. The molecule has 11 heteroatoms. The van der Waals surface area contributed by atoms with Crippen molar-refractivity contribution in [3.8, 4) is 11.1 Å². The van der Waals surface area contributed by atoms with E-state index in [4.69, 9.17) is 9.72 Å². The lowest BCUT2D eigenvalue weighted by Gasteiger charge is -2.31. The summed E-state index contributed by atoms with van der Waals surface area (Å²) in [5.74, 6) is -0.280. The third kappa shape index (κ3) is 7.91. The number of ether oxygens (including phenoxy) is 1. The molecule has 2 aromatic heterocycles. The monoisotopic (exact) mass is 642 g/mol. The van der Waals surface area contributed by atoms with E-state index in [-0.39, 0.29) is 24.4 Å². The molecule has 0 bridgehead atoms. The van der Waals surface area contributed by atoms with Crippen molar-refractivity contribution in [2.24, 2.45) is 0 Å². The van der Waals surface area contributed by atoms with E-state index in [1.54, 1.807) is 6.07 Å². The molecule has 2 aliphatic heterocycles. The Labute approximate surface area is 276 Å². The van der Waals surface area contributed by atoms with Crippen molar-refractivity contribution in [2.45, 2.75) is 78.3 Å². The van der Waals surface area contributed by atoms with Gasteiger partial charge in [0.2, 0.25) is 0 Å². The van der Waals surface area contributed by atoms with Crippen LogP contribution in [0.3, 0.4) is 0 Å². The number of nitrogens with one attached hydrogen (secondary N) is 4. The van der Waals surface area contributed by atoms with Gasteiger partial charge in [0.05, 0.1) is 17.3 Å². The van der Waals surface area contributed by atoms with Gasteiger partial charge in [-0.05, 0) is 68.0 Å². The van der Waals surface area contributed by atoms with Crippen molar-refractivity contribution in [1.82, 2.24) is 35.6 Å². The van der Waals surface area contributed by atoms with Crippen LogP contribution < -0.4 is 21.3 Å². The van der Waals surface area contributed by atoms with E-state index in [1.165, 1.54) is 6.07 Å². The van der Waals surface area contributed by atoms with Crippen LogP contribution in [-0.2, 0) is 37.3 Å². The molecule has 10 nitrogen and oxygen atoms in total. The van der Waals surface area contributed by atoms with Gasteiger partial charge in [-0.25, -0.2) is 18.9 Å². The first-order valence-electron chi connectivity index (χ1n) is 17.0. The molecule has 2 fully saturated rings. The van der Waals surface area contributed by atoms with E-state index in [2.05, 4.69) is 64.2 Å². The van der Waals surface area contributed by atoms with Gasteiger partial charge in [-0.1, -0.05) is 31.2 Å². The van der Waals surface area contributed by atoms with E-state index >= 15 is 4.39 Å². The predicted octanol–water partition coefficient (Wildman–Crippen LogP) is 5.20. The molecule has 4 heterocycles. The van der Waals surface area contributed by atoms with Gasteiger partial charge in [-0.2, -0.15) is 5.10 Å². The number of carbonyl (C=O) groups excluding carboxylic acids is 1. The predicted molar refractivity (Wildman–Crippen MR) is 184 cm³/mol. The fourth-order valence-corrected chi connectivity index (χ4v) is 6.67. The number of carbonyl (C=O) groups is 1. The maximum Gasteiger partial charge on any atom is 0.315 e. The summed E-state index contributed by atoms with van der Waals surface area (Å²) in [6, 6.07) is 13.6. The molecule has 250 valence electrons. The summed E-state index contributed by atoms with van der Waals surface area (Å²) in [6.07, 6.45) is 4.42. The number of fused-ring (bicyclic) bond motifs is 1. The van der Waals surface area contributed by atoms with Crippen LogP contribution in [0.1, 0.15) is 56.0 Å². The third-order valence-electron chi connectivity index (χ3n) is 9.18. The average Bonchev–Trinajstić information content (AvgIpc) is 3.50. The second-order valence-corrected chi connectivity index (χ2v) is 12.6. The topological polar surface area (TPSA) is 108 Å². The van der Waals surface area contributed by atoms with Gasteiger partial charge in [0.15, 0.2) is 5.65 Å². The minimum absolute atomic E-state index is 0.270. The number of halogens is 1. The van der Waals surface area contributed by atoms with Crippen molar-refractivity contribution in [1.29, 1.82) is 0 Å². The first kappa shape index (κ1) is 32.9. The Morgan fingerprint density at radius 3 is 2.70 bits per heavy atom. The van der Waals surface area contributed by atoms with Crippen LogP contribution in [0.4, 0.5) is 14.9 Å². The standard InChI is InChI=1S/C36H47FN8O2/c1-4-33-30(34(42-28-11-15-47-16-12-28)31-21-41-45(5-2)35(31)43-33)20-40-36(46)39-19-25-9-10-32(37)29(18-25)27-8-6-7-26(17-27)23-44-14-13-38-24(3)22-44/h6-10,17-18,21,24,28,38H,4-5,11-16,19-20,22-23H2,1-3H3,(H,42,43)(H2,39,40,46)/t24-/m0/s1. The van der Waals surface area contributed by atoms with E-state index in [0.717, 1.165) is 110 Å². The number of nitrogens with zero attached hydrogens (tertiary/aromatic N) is 4. The molecule has 1 atom stereocenters. The van der Waals surface area contributed by atoms with Crippen LogP contribution in [-0.4, -0.2) is 70.6 Å². The molecule has 2 amide bonds. The highest BCUT2D eigenvalue weighted by molar-refractivity contribution is 5.92. The van der Waals surface area contributed by atoms with E-state index in [9.17, 15) is 4.79 Å². The van der Waals surface area contributed by atoms with Crippen LogP contribution in [0.5, 0.6) is 0 Å². The highest BCUT2D eigenvalue weighted by Gasteiger charge is 2.22. The summed E-state index contributed by atoms with van der Waals surface area (Å²) in [7, 11) is 0. The Hall–Kier alpha value is -4.06. The Morgan fingerprint density at radius 2 is 1.91 bits per heavy atom. The molecule has 0 saturated carbocycles. The molecule has 0 radical (unpaired) electrons. The molecular weight excluding hydrogens is 595 g/mol. The van der Waals surface area contributed by atoms with Crippen LogP contribution >= 0.6 is 0 Å². The zero-order chi connectivity index (χ0) is 32.8. The van der Waals surface area contributed by atoms with Crippen molar-refractivity contribution in [3.63, 3.8) is 0 Å². The van der Waals surface area contributed by atoms with Crippen LogP contribution in [0.25, 0.3) is 22.2 Å². The van der Waals surface area contributed by atoms with Gasteiger partial charge in [-0.3, -0.25) is 4.90 Å². The fraction of sp³-hybridized carbons (Fsp3) is 0.472. The zero-order valence-electron chi connectivity index (χ0n) is 27.7. The number of aromatic nitrogens is 3. The lowest BCUT2D eigenvalue weighted by molar-refractivity contribution is 0.0904. The second-order valence-electron chi connectivity index (χ2n) is 12.6. The normalized spacial score (nSPS) is 17.6. The maximum atomic E-state index is 15.1. The molecular formula is C36H47FN8O2. The van der Waals surface area contributed by atoms with Crippen LogP contribution in [0.15, 0.2) is 48.7 Å². The smallest absolute Gasteiger partial charge is 0.315 e. The lowest BCUT2D eigenvalue weighted by Crippen LogP contribution is -2.48. The Morgan fingerprint density at radius 1 is 1.09 bits per heavy atom. The van der Waals surface area contributed by atoms with Gasteiger partial charge in [0, 0.05) is 87.9 Å². The van der Waals surface area contributed by atoms with E-state index < -0.39 is 0 Å². The third-order valence-corrected chi connectivity index (χ3v) is 9.18. The first-order chi connectivity index (χ1) is 22.9. The van der Waals surface area contributed by atoms with Crippen molar-refractivity contribution in [2.75, 3.05) is 38.2 Å². The molecule has 4 aromatic rings. The summed E-state index contributed by atoms with van der Waals surface area (Å²) in [5, 5.41) is 18.8. The largest absolute Gasteiger partial charge is 0.381 e. The highest BCUT2D eigenvalue weighted by Crippen LogP contribution is 2.31. The highest BCUT2D eigenvalue weighted by atomic mass is 19.1. The van der Waals surface area contributed by atoms with E-state index in [1.807, 2.05) is 29.1 Å². The molecule has 2 aromatic carbocycles. The van der Waals surface area contributed by atoms with Crippen molar-refractivity contribution >= 4 is 22.8 Å². The molecule has 2 saturated heterocycles. The van der Waals surface area contributed by atoms with Crippen molar-refractivity contribution in [3.05, 3.63) is 76.9 Å². The summed E-state index contributed by atoms with van der Waals surface area (Å²) < 4.78 is 22.6. The lowest BCUT2D eigenvalue weighted by atomic mass is 10.00. The van der Waals surface area contributed by atoms with Gasteiger partial charge in [0.25, 0.3) is 0 Å². The van der Waals surface area contributed by atoms with Gasteiger partial charge in [0.1, 0.15) is 5.82 Å². The van der Waals surface area contributed by atoms with E-state index in [0.29, 0.717) is 18.2 Å². The number of amides is 2. The quantitative estimate of drug-likeness (QED) is 0.178. The number of anilines is 1. The number of rotatable bonds is 11. The molecule has 2 aliphatic rings. The number of benzene rings is 2. The second kappa shape index (κ2) is 15.2.